The molecule has 90 valence electrons. The topological polar surface area (TPSA) is 68.8 Å². The van der Waals surface area contributed by atoms with Crippen LogP contribution in [0.25, 0.3) is 0 Å². The molecule has 5 nitrogen and oxygen atoms in total. The molecule has 0 atom stereocenters. The third-order valence-corrected chi connectivity index (χ3v) is 2.57. The normalized spacial score (nSPS) is 10.4. The van der Waals surface area contributed by atoms with Gasteiger partial charge >= 0.3 is 0 Å². The lowest BCUT2D eigenvalue weighted by Crippen LogP contribution is -2.08. The molecule has 17 heavy (non-hydrogen) atoms. The number of nitrogens with two attached hydrogens (primary N) is 1. The van der Waals surface area contributed by atoms with Gasteiger partial charge in [0, 0.05) is 43.4 Å². The lowest BCUT2D eigenvalue weighted by atomic mass is 10.2. The van der Waals surface area contributed by atoms with Crippen LogP contribution in [-0.4, -0.2) is 21.3 Å². The van der Waals surface area contributed by atoms with Gasteiger partial charge in [-0.1, -0.05) is 0 Å². The zero-order chi connectivity index (χ0) is 12.1. The predicted molar refractivity (Wildman–Crippen MR) is 68.7 cm³/mol. The molecule has 0 bridgehead atoms. The molecule has 0 spiro atoms. The lowest BCUT2D eigenvalue weighted by Gasteiger charge is -2.07. The quantitative estimate of drug-likeness (QED) is 0.768. The van der Waals surface area contributed by atoms with Gasteiger partial charge in [-0.15, -0.1) is 0 Å². The molecule has 2 aromatic heterocycles. The van der Waals surface area contributed by atoms with Crippen LogP contribution in [0.1, 0.15) is 12.0 Å². The van der Waals surface area contributed by atoms with Gasteiger partial charge in [-0.3, -0.25) is 4.68 Å². The maximum absolute atomic E-state index is 5.81. The highest BCUT2D eigenvalue weighted by Crippen LogP contribution is 2.13. The van der Waals surface area contributed by atoms with Crippen LogP contribution in [0.2, 0.25) is 0 Å². The van der Waals surface area contributed by atoms with Gasteiger partial charge < -0.3 is 11.1 Å². The summed E-state index contributed by atoms with van der Waals surface area (Å²) in [5, 5.41) is 7.38. The summed E-state index contributed by atoms with van der Waals surface area (Å²) < 4.78 is 1.92. The van der Waals surface area contributed by atoms with E-state index in [1.54, 1.807) is 12.4 Å². The monoisotopic (exact) mass is 231 g/mol. The molecule has 2 heterocycles. The van der Waals surface area contributed by atoms with Gasteiger partial charge in [0.25, 0.3) is 0 Å². The third-order valence-electron chi connectivity index (χ3n) is 2.57. The largest absolute Gasteiger partial charge is 0.398 e. The number of nitrogens with one attached hydrogen (secondary N) is 1. The van der Waals surface area contributed by atoms with E-state index in [9.17, 15) is 0 Å². The average Bonchev–Trinajstić information content (AvgIpc) is 2.82. The summed E-state index contributed by atoms with van der Waals surface area (Å²) in [6.45, 7) is 3.71. The van der Waals surface area contributed by atoms with Crippen LogP contribution in [0.15, 0.2) is 30.7 Å². The number of rotatable bonds is 5. The number of aryl methyl sites for hydroxylation is 2. The van der Waals surface area contributed by atoms with Crippen LogP contribution >= 0.6 is 0 Å². The number of hydrogen-bond donors (Lipinski definition) is 2. The minimum Gasteiger partial charge on any atom is -0.398 e. The van der Waals surface area contributed by atoms with E-state index in [-0.39, 0.29) is 0 Å². The van der Waals surface area contributed by atoms with Gasteiger partial charge in [0.2, 0.25) is 0 Å². The molecule has 2 aromatic rings. The summed E-state index contributed by atoms with van der Waals surface area (Å²) in [5.41, 5.74) is 7.59. The molecule has 0 unspecified atom stereocenters. The lowest BCUT2D eigenvalue weighted by molar-refractivity contribution is 0.591. The van der Waals surface area contributed by atoms with Gasteiger partial charge in [-0.25, -0.2) is 4.98 Å². The Morgan fingerprint density at radius 3 is 3.06 bits per heavy atom. The Labute approximate surface area is 101 Å². The van der Waals surface area contributed by atoms with Crippen LogP contribution in [0.5, 0.6) is 0 Å². The van der Waals surface area contributed by atoms with E-state index in [1.165, 1.54) is 0 Å². The smallest absolute Gasteiger partial charge is 0.127 e. The maximum Gasteiger partial charge on any atom is 0.127 e. The molecule has 0 fully saturated rings. The van der Waals surface area contributed by atoms with Crippen molar-refractivity contribution in [2.24, 2.45) is 0 Å². The van der Waals surface area contributed by atoms with E-state index in [4.69, 9.17) is 5.73 Å². The van der Waals surface area contributed by atoms with Crippen molar-refractivity contribution >= 4 is 11.5 Å². The van der Waals surface area contributed by atoms with Gasteiger partial charge in [0.1, 0.15) is 5.82 Å². The zero-order valence-corrected chi connectivity index (χ0v) is 9.93. The average molecular weight is 231 g/mol. The Bertz CT molecular complexity index is 464. The molecule has 0 saturated carbocycles. The summed E-state index contributed by atoms with van der Waals surface area (Å²) in [5.74, 6) is 0.827. The second kappa shape index (κ2) is 5.34. The molecule has 5 heteroatoms. The van der Waals surface area contributed by atoms with Crippen LogP contribution in [0.3, 0.4) is 0 Å². The van der Waals surface area contributed by atoms with E-state index in [2.05, 4.69) is 15.4 Å². The summed E-state index contributed by atoms with van der Waals surface area (Å²) in [6.07, 6.45) is 6.53. The Kier molecular flexibility index (Phi) is 3.59. The van der Waals surface area contributed by atoms with Crippen LogP contribution < -0.4 is 11.1 Å². The molecule has 0 amide bonds. The fourth-order valence-corrected chi connectivity index (χ4v) is 1.53. The number of hydrogen-bond acceptors (Lipinski definition) is 4. The van der Waals surface area contributed by atoms with Gasteiger partial charge in [-0.05, 0) is 25.0 Å². The molecule has 0 radical (unpaired) electrons. The summed E-state index contributed by atoms with van der Waals surface area (Å²) >= 11 is 0. The number of aromatic nitrogens is 3. The molecular weight excluding hydrogens is 214 g/mol. The van der Waals surface area contributed by atoms with E-state index in [1.807, 2.05) is 29.9 Å². The summed E-state index contributed by atoms with van der Waals surface area (Å²) in [6, 6.07) is 3.79. The van der Waals surface area contributed by atoms with Crippen molar-refractivity contribution in [2.45, 2.75) is 19.9 Å². The SMILES string of the molecule is Cc1cnc(NCCCn2cccn2)cc1N. The molecule has 3 N–H and O–H groups in total. The minimum atomic E-state index is 0.773. The van der Waals surface area contributed by atoms with Crippen molar-refractivity contribution < 1.29 is 0 Å². The maximum atomic E-state index is 5.81. The first kappa shape index (κ1) is 11.4. The Morgan fingerprint density at radius 2 is 2.35 bits per heavy atom. The first-order valence-electron chi connectivity index (χ1n) is 5.69. The van der Waals surface area contributed by atoms with Crippen molar-refractivity contribution in [3.8, 4) is 0 Å². The van der Waals surface area contributed by atoms with Crippen LogP contribution in [0.4, 0.5) is 11.5 Å². The Morgan fingerprint density at radius 1 is 1.47 bits per heavy atom. The highest BCUT2D eigenvalue weighted by Gasteiger charge is 1.97. The van der Waals surface area contributed by atoms with Crippen molar-refractivity contribution in [3.63, 3.8) is 0 Å². The molecule has 0 saturated heterocycles. The van der Waals surface area contributed by atoms with Gasteiger partial charge in [0.15, 0.2) is 0 Å². The zero-order valence-electron chi connectivity index (χ0n) is 9.93. The molecule has 0 aromatic carbocycles. The molecule has 0 aliphatic carbocycles. The second-order valence-corrected chi connectivity index (χ2v) is 3.98. The number of nitrogens with zero attached hydrogens (tertiary/aromatic N) is 3. The first-order valence-corrected chi connectivity index (χ1v) is 5.69. The summed E-state index contributed by atoms with van der Waals surface area (Å²) in [7, 11) is 0. The van der Waals surface area contributed by atoms with Crippen molar-refractivity contribution in [1.29, 1.82) is 0 Å². The van der Waals surface area contributed by atoms with Crippen LogP contribution in [-0.2, 0) is 6.54 Å². The number of pyridine rings is 1. The minimum absolute atomic E-state index is 0.773. The highest BCUT2D eigenvalue weighted by atomic mass is 15.3. The van der Waals surface area contributed by atoms with Crippen molar-refractivity contribution in [1.82, 2.24) is 14.8 Å². The standard InChI is InChI=1S/C12H17N5/c1-10-9-15-12(8-11(10)13)14-4-2-6-17-7-3-5-16-17/h3,5,7-9H,2,4,6H2,1H3,(H3,13,14,15). The Balaban J connectivity index is 1.76. The molecule has 0 aliphatic rings. The van der Waals surface area contributed by atoms with Gasteiger partial charge in [0.05, 0.1) is 0 Å². The number of nitrogen functional groups attached to an aromatic ring is 1. The van der Waals surface area contributed by atoms with Crippen LogP contribution in [0, 0.1) is 6.92 Å². The highest BCUT2D eigenvalue weighted by molar-refractivity contribution is 5.53. The summed E-state index contributed by atoms with van der Waals surface area (Å²) in [4.78, 5) is 4.26. The fourth-order valence-electron chi connectivity index (χ4n) is 1.53. The Hall–Kier alpha value is -2.04. The van der Waals surface area contributed by atoms with Crippen molar-refractivity contribution in [3.05, 3.63) is 36.3 Å². The third kappa shape index (κ3) is 3.21. The first-order chi connectivity index (χ1) is 8.25. The molecule has 2 rings (SSSR count). The van der Waals surface area contributed by atoms with Gasteiger partial charge in [-0.2, -0.15) is 5.10 Å². The number of anilines is 2. The van der Waals surface area contributed by atoms with E-state index in [0.717, 1.165) is 36.6 Å². The van der Waals surface area contributed by atoms with E-state index in [0.29, 0.717) is 0 Å². The van der Waals surface area contributed by atoms with Crippen molar-refractivity contribution in [2.75, 3.05) is 17.6 Å². The fraction of sp³-hybridized carbons (Fsp3) is 0.333. The molecular formula is C12H17N5. The second-order valence-electron chi connectivity index (χ2n) is 3.98. The van der Waals surface area contributed by atoms with E-state index >= 15 is 0 Å². The van der Waals surface area contributed by atoms with E-state index < -0.39 is 0 Å². The predicted octanol–water partition coefficient (Wildman–Crippen LogP) is 1.67. The molecule has 0 aliphatic heterocycles.